The van der Waals surface area contributed by atoms with Crippen molar-refractivity contribution in [1.82, 2.24) is 15.0 Å². The number of aromatic nitrogens is 3. The third kappa shape index (κ3) is 21.2. The van der Waals surface area contributed by atoms with Gasteiger partial charge in [0, 0.05) is 0 Å². The van der Waals surface area contributed by atoms with Gasteiger partial charge in [-0.1, -0.05) is 0 Å². The van der Waals surface area contributed by atoms with Crippen molar-refractivity contribution in [1.29, 1.82) is 0 Å². The summed E-state index contributed by atoms with van der Waals surface area (Å²) in [5.41, 5.74) is 15.4. The first-order valence-corrected chi connectivity index (χ1v) is 4.43. The van der Waals surface area contributed by atoms with Crippen molar-refractivity contribution >= 4 is 37.2 Å². The highest BCUT2D eigenvalue weighted by molar-refractivity contribution is 6.09. The predicted molar refractivity (Wildman–Crippen MR) is 66.5 cm³/mol. The first-order valence-electron chi connectivity index (χ1n) is 4.43. The van der Waals surface area contributed by atoms with Gasteiger partial charge >= 0.3 is 0 Å². The molecule has 0 atom stereocenters. The lowest BCUT2D eigenvalue weighted by molar-refractivity contribution is -0.122. The standard InChI is InChI=1S/C3H6N6.C2H6O2.C2H2O2.CH2O/c4-1-7-2(5)9-3(6)8-1;2*3-1-2-4;1-2/h(H6,4,5,6,7,8,9);3-4H,1-2H2;1-2H;1H2. The Balaban J connectivity index is -0.000000217. The van der Waals surface area contributed by atoms with Gasteiger partial charge in [0.05, 0.1) is 13.2 Å². The van der Waals surface area contributed by atoms with Crippen LogP contribution in [-0.2, 0) is 14.4 Å². The van der Waals surface area contributed by atoms with Gasteiger partial charge in [-0.05, 0) is 0 Å². The number of carbonyl (C=O) groups is 3. The number of carbonyl (C=O) groups excluding carboxylic acids is 3. The van der Waals surface area contributed by atoms with E-state index < -0.39 is 0 Å². The molecule has 1 rings (SSSR count). The summed E-state index contributed by atoms with van der Waals surface area (Å²) >= 11 is 0. The molecule has 11 heteroatoms. The van der Waals surface area contributed by atoms with Crippen molar-refractivity contribution < 1.29 is 24.6 Å². The Hall–Kier alpha value is -2.66. The molecular weight excluding hydrogens is 260 g/mol. The van der Waals surface area contributed by atoms with Gasteiger partial charge in [0.15, 0.2) is 12.6 Å². The van der Waals surface area contributed by atoms with Crippen LogP contribution in [0.1, 0.15) is 0 Å². The lowest BCUT2D eigenvalue weighted by Gasteiger charge is -1.93. The summed E-state index contributed by atoms with van der Waals surface area (Å²) in [4.78, 5) is 36.1. The quantitative estimate of drug-likeness (QED) is 0.268. The van der Waals surface area contributed by atoms with E-state index in [-0.39, 0.29) is 43.6 Å². The number of aldehydes is 2. The Morgan fingerprint density at radius 2 is 1.05 bits per heavy atom. The summed E-state index contributed by atoms with van der Waals surface area (Å²) in [5.74, 6) is 0.125. The average molecular weight is 276 g/mol. The van der Waals surface area contributed by atoms with Crippen molar-refractivity contribution in [2.45, 2.75) is 0 Å². The number of aliphatic hydroxyl groups is 2. The Bertz CT molecular complexity index is 292. The minimum atomic E-state index is -0.125. The molecule has 108 valence electrons. The summed E-state index contributed by atoms with van der Waals surface area (Å²) in [6, 6.07) is 0. The zero-order chi connectivity index (χ0) is 15.7. The molecule has 11 nitrogen and oxygen atoms in total. The summed E-state index contributed by atoms with van der Waals surface area (Å²) in [7, 11) is 0. The molecule has 0 spiro atoms. The van der Waals surface area contributed by atoms with Crippen LogP contribution in [0.15, 0.2) is 0 Å². The fourth-order valence-electron chi connectivity index (χ4n) is 0.427. The lowest BCUT2D eigenvalue weighted by atomic mass is 10.8. The van der Waals surface area contributed by atoms with Gasteiger partial charge in [0.25, 0.3) is 0 Å². The molecule has 0 aliphatic carbocycles. The fraction of sp³-hybridized carbons (Fsp3) is 0.250. The highest BCUT2D eigenvalue weighted by Gasteiger charge is 1.93. The second kappa shape index (κ2) is 17.7. The molecule has 0 aromatic carbocycles. The van der Waals surface area contributed by atoms with Crippen molar-refractivity contribution in [2.24, 2.45) is 0 Å². The zero-order valence-electron chi connectivity index (χ0n) is 9.97. The first-order chi connectivity index (χ1) is 9.01. The molecule has 0 aliphatic heterocycles. The number of nitrogens with zero attached hydrogens (tertiary/aromatic N) is 3. The number of rotatable bonds is 2. The minimum absolute atomic E-state index is 0.0417. The molecule has 0 saturated carbocycles. The van der Waals surface area contributed by atoms with Crippen molar-refractivity contribution in [2.75, 3.05) is 30.4 Å². The minimum Gasteiger partial charge on any atom is -0.394 e. The molecule has 1 aromatic heterocycles. The number of aliphatic hydroxyl groups excluding tert-OH is 2. The molecule has 0 aliphatic rings. The van der Waals surface area contributed by atoms with Crippen LogP contribution in [0.2, 0.25) is 0 Å². The highest BCUT2D eigenvalue weighted by Crippen LogP contribution is 1.97. The van der Waals surface area contributed by atoms with Crippen molar-refractivity contribution in [3.63, 3.8) is 0 Å². The molecule has 1 heterocycles. The van der Waals surface area contributed by atoms with E-state index in [0.717, 1.165) is 0 Å². The van der Waals surface area contributed by atoms with Crippen LogP contribution < -0.4 is 17.2 Å². The van der Waals surface area contributed by atoms with E-state index in [2.05, 4.69) is 15.0 Å². The van der Waals surface area contributed by atoms with Gasteiger partial charge in [-0.2, -0.15) is 15.0 Å². The monoisotopic (exact) mass is 276 g/mol. The second-order valence-electron chi connectivity index (χ2n) is 2.13. The van der Waals surface area contributed by atoms with E-state index in [0.29, 0.717) is 0 Å². The maximum Gasteiger partial charge on any atom is 0.226 e. The Labute approximate surface area is 108 Å². The molecule has 0 bridgehead atoms. The predicted octanol–water partition coefficient (Wildman–Crippen LogP) is -3.21. The number of hydrogen-bond acceptors (Lipinski definition) is 11. The zero-order valence-corrected chi connectivity index (χ0v) is 9.97. The number of hydrogen-bond donors (Lipinski definition) is 5. The van der Waals surface area contributed by atoms with Crippen LogP contribution in [0.4, 0.5) is 17.8 Å². The van der Waals surface area contributed by atoms with E-state index >= 15 is 0 Å². The van der Waals surface area contributed by atoms with E-state index in [4.69, 9.17) is 41.8 Å². The summed E-state index contributed by atoms with van der Waals surface area (Å²) < 4.78 is 0. The second-order valence-corrected chi connectivity index (χ2v) is 2.13. The fourth-order valence-corrected chi connectivity index (χ4v) is 0.427. The van der Waals surface area contributed by atoms with Gasteiger partial charge in [-0.25, -0.2) is 0 Å². The summed E-state index contributed by atoms with van der Waals surface area (Å²) in [6.07, 6.45) is 0.389. The third-order valence-electron chi connectivity index (χ3n) is 0.843. The molecule has 0 radical (unpaired) electrons. The van der Waals surface area contributed by atoms with Crippen LogP contribution in [-0.4, -0.2) is 57.7 Å². The molecule has 1 aromatic rings. The first kappa shape index (κ1) is 21.6. The lowest BCUT2D eigenvalue weighted by Crippen LogP contribution is -2.05. The normalized spacial score (nSPS) is 7.26. The van der Waals surface area contributed by atoms with Crippen molar-refractivity contribution in [3.8, 4) is 0 Å². The van der Waals surface area contributed by atoms with Crippen LogP contribution >= 0.6 is 0 Å². The van der Waals surface area contributed by atoms with Crippen LogP contribution in [0.25, 0.3) is 0 Å². The van der Waals surface area contributed by atoms with Gasteiger partial charge < -0.3 is 32.2 Å². The maximum atomic E-state index is 8.81. The SMILES string of the molecule is C=O.Nc1nc(N)nc(N)n1.O=CC=O.OCCO. The van der Waals surface area contributed by atoms with Crippen LogP contribution in [0, 0.1) is 0 Å². The summed E-state index contributed by atoms with van der Waals surface area (Å²) in [5, 5.41) is 15.2. The largest absolute Gasteiger partial charge is 0.394 e. The van der Waals surface area contributed by atoms with Crippen LogP contribution in [0.3, 0.4) is 0 Å². The van der Waals surface area contributed by atoms with Crippen molar-refractivity contribution in [3.05, 3.63) is 0 Å². The highest BCUT2D eigenvalue weighted by atomic mass is 16.3. The molecule has 0 unspecified atom stereocenters. The third-order valence-corrected chi connectivity index (χ3v) is 0.843. The number of nitrogens with two attached hydrogens (primary N) is 3. The van der Waals surface area contributed by atoms with Crippen LogP contribution in [0.5, 0.6) is 0 Å². The van der Waals surface area contributed by atoms with E-state index in [9.17, 15) is 0 Å². The van der Waals surface area contributed by atoms with Gasteiger partial charge in [0.2, 0.25) is 17.8 Å². The number of anilines is 3. The van der Waals surface area contributed by atoms with E-state index in [1.807, 2.05) is 6.79 Å². The molecule has 0 amide bonds. The molecule has 0 saturated heterocycles. The molecule has 0 fully saturated rings. The molecule has 8 N–H and O–H groups in total. The Morgan fingerprint density at radius 1 is 0.842 bits per heavy atom. The average Bonchev–Trinajstić information content (AvgIpc) is 2.40. The molecular formula is C8H16N6O5. The smallest absolute Gasteiger partial charge is 0.226 e. The topological polar surface area (TPSA) is 208 Å². The summed E-state index contributed by atoms with van der Waals surface area (Å²) in [6.45, 7) is 1.75. The Kier molecular flexibility index (Phi) is 20.2. The maximum absolute atomic E-state index is 8.81. The number of nitrogen functional groups attached to an aromatic ring is 3. The Morgan fingerprint density at radius 3 is 1.16 bits per heavy atom. The van der Waals surface area contributed by atoms with Gasteiger partial charge in [-0.15, -0.1) is 0 Å². The van der Waals surface area contributed by atoms with E-state index in [1.54, 1.807) is 0 Å². The van der Waals surface area contributed by atoms with E-state index in [1.165, 1.54) is 0 Å². The molecule has 19 heavy (non-hydrogen) atoms. The van der Waals surface area contributed by atoms with Gasteiger partial charge in [0.1, 0.15) is 6.79 Å². The van der Waals surface area contributed by atoms with Gasteiger partial charge in [-0.3, -0.25) is 9.59 Å².